The molecule has 0 aliphatic heterocycles. The molecule has 5 rings (SSSR count). The number of hydrogen-bond acceptors (Lipinski definition) is 3. The monoisotopic (exact) mass is 388 g/mol. The molecule has 5 nitrogen and oxygen atoms in total. The molecule has 4 aromatic rings. The molecule has 1 N–H and O–H groups in total. The van der Waals surface area contributed by atoms with E-state index in [1.54, 1.807) is 0 Å². The highest BCUT2D eigenvalue weighted by atomic mass is 16.3. The molecule has 0 amide bonds. The number of rotatable bonds is 6. The average molecular weight is 389 g/mol. The van der Waals surface area contributed by atoms with Gasteiger partial charge in [-0.25, -0.2) is 4.68 Å². The van der Waals surface area contributed by atoms with Crippen molar-refractivity contribution >= 4 is 21.8 Å². The highest BCUT2D eigenvalue weighted by molar-refractivity contribution is 6.11. The molecule has 0 spiro atoms. The average Bonchev–Trinajstić information content (AvgIpc) is 3.47. The second-order valence-corrected chi connectivity index (χ2v) is 7.91. The summed E-state index contributed by atoms with van der Waals surface area (Å²) in [6.45, 7) is 8.58. The Kier molecular flexibility index (Phi) is 4.64. The van der Waals surface area contributed by atoms with Crippen molar-refractivity contribution in [3.63, 3.8) is 0 Å². The molecule has 2 heterocycles. The highest BCUT2D eigenvalue weighted by Gasteiger charge is 2.25. The predicted octanol–water partition coefficient (Wildman–Crippen LogP) is 4.30. The van der Waals surface area contributed by atoms with Crippen LogP contribution in [0.15, 0.2) is 48.8 Å². The Morgan fingerprint density at radius 2 is 1.97 bits per heavy atom. The van der Waals surface area contributed by atoms with Gasteiger partial charge in [0.05, 0.1) is 11.8 Å². The molecule has 0 fully saturated rings. The van der Waals surface area contributed by atoms with Crippen LogP contribution < -0.4 is 0 Å². The van der Waals surface area contributed by atoms with E-state index < -0.39 is 0 Å². The SMILES string of the molecule is CCN(CC)CCn1c2ccc(-n3cccn3)cc2c2c3c(ccc21)C(O)CC3. The fourth-order valence-electron chi connectivity index (χ4n) is 4.87. The van der Waals surface area contributed by atoms with Crippen LogP contribution >= 0.6 is 0 Å². The first-order chi connectivity index (χ1) is 14.2. The molecule has 0 saturated carbocycles. The van der Waals surface area contributed by atoms with E-state index in [2.05, 4.69) is 58.7 Å². The van der Waals surface area contributed by atoms with Crippen LogP contribution in [-0.2, 0) is 13.0 Å². The number of fused-ring (bicyclic) bond motifs is 5. The Morgan fingerprint density at radius 3 is 2.72 bits per heavy atom. The van der Waals surface area contributed by atoms with Crippen molar-refractivity contribution < 1.29 is 5.11 Å². The standard InChI is InChI=1S/C24H28N4O/c1-3-26(4-2)14-15-27-21-9-6-17(28-13-5-12-25-28)16-20(21)24-19-8-11-23(29)18(19)7-10-22(24)27/h5-7,9-10,12-13,16,23,29H,3-4,8,11,14-15H2,1-2H3. The van der Waals surface area contributed by atoms with Gasteiger partial charge in [-0.1, -0.05) is 19.9 Å². The van der Waals surface area contributed by atoms with Gasteiger partial charge in [0.2, 0.25) is 0 Å². The minimum atomic E-state index is -0.335. The molecule has 2 aromatic heterocycles. The first kappa shape index (κ1) is 18.4. The van der Waals surface area contributed by atoms with Gasteiger partial charge in [-0.3, -0.25) is 0 Å². The number of aliphatic hydroxyl groups is 1. The van der Waals surface area contributed by atoms with Gasteiger partial charge in [-0.05, 0) is 67.4 Å². The zero-order valence-corrected chi connectivity index (χ0v) is 17.2. The van der Waals surface area contributed by atoms with E-state index in [1.807, 2.05) is 23.1 Å². The normalized spacial score (nSPS) is 16.3. The van der Waals surface area contributed by atoms with Gasteiger partial charge >= 0.3 is 0 Å². The van der Waals surface area contributed by atoms with Gasteiger partial charge in [0.25, 0.3) is 0 Å². The van der Waals surface area contributed by atoms with E-state index in [0.29, 0.717) is 0 Å². The molecular formula is C24H28N4O. The lowest BCUT2D eigenvalue weighted by Crippen LogP contribution is -2.26. The Hall–Kier alpha value is -2.63. The summed E-state index contributed by atoms with van der Waals surface area (Å²) in [5, 5.41) is 17.4. The van der Waals surface area contributed by atoms with Crippen LogP contribution in [0.3, 0.4) is 0 Å². The zero-order chi connectivity index (χ0) is 20.0. The Morgan fingerprint density at radius 1 is 1.14 bits per heavy atom. The maximum atomic E-state index is 10.4. The summed E-state index contributed by atoms with van der Waals surface area (Å²) >= 11 is 0. The van der Waals surface area contributed by atoms with Crippen LogP contribution in [0.25, 0.3) is 27.5 Å². The van der Waals surface area contributed by atoms with Crippen molar-refractivity contribution in [3.05, 3.63) is 59.9 Å². The lowest BCUT2D eigenvalue weighted by molar-refractivity contribution is 0.180. The lowest BCUT2D eigenvalue weighted by Gasteiger charge is -2.19. The van der Waals surface area contributed by atoms with Crippen molar-refractivity contribution in [1.82, 2.24) is 19.2 Å². The van der Waals surface area contributed by atoms with Crippen LogP contribution in [0.2, 0.25) is 0 Å². The maximum Gasteiger partial charge on any atom is 0.0796 e. The summed E-state index contributed by atoms with van der Waals surface area (Å²) in [6.07, 6.45) is 5.22. The fourth-order valence-corrected chi connectivity index (χ4v) is 4.87. The second kappa shape index (κ2) is 7.32. The van der Waals surface area contributed by atoms with Crippen LogP contribution in [0.1, 0.15) is 37.5 Å². The second-order valence-electron chi connectivity index (χ2n) is 7.91. The topological polar surface area (TPSA) is 46.2 Å². The van der Waals surface area contributed by atoms with Crippen LogP contribution in [0, 0.1) is 0 Å². The summed E-state index contributed by atoms with van der Waals surface area (Å²) in [6, 6.07) is 12.9. The van der Waals surface area contributed by atoms with Crippen LogP contribution in [-0.4, -0.2) is 44.0 Å². The largest absolute Gasteiger partial charge is 0.388 e. The van der Waals surface area contributed by atoms with Gasteiger partial charge in [-0.15, -0.1) is 0 Å². The van der Waals surface area contributed by atoms with E-state index in [4.69, 9.17) is 0 Å². The van der Waals surface area contributed by atoms with Gasteiger partial charge < -0.3 is 14.6 Å². The van der Waals surface area contributed by atoms with Gasteiger partial charge in [-0.2, -0.15) is 5.10 Å². The smallest absolute Gasteiger partial charge is 0.0796 e. The fraction of sp³-hybridized carbons (Fsp3) is 0.375. The summed E-state index contributed by atoms with van der Waals surface area (Å²) in [5.74, 6) is 0. The third-order valence-electron chi connectivity index (χ3n) is 6.49. The molecule has 29 heavy (non-hydrogen) atoms. The predicted molar refractivity (Wildman–Crippen MR) is 118 cm³/mol. The van der Waals surface area contributed by atoms with Gasteiger partial charge in [0.1, 0.15) is 0 Å². The van der Waals surface area contributed by atoms with Crippen molar-refractivity contribution in [3.8, 4) is 5.69 Å². The molecule has 150 valence electrons. The highest BCUT2D eigenvalue weighted by Crippen LogP contribution is 2.41. The molecule has 1 unspecified atom stereocenters. The number of aliphatic hydroxyl groups excluding tert-OH is 1. The summed E-state index contributed by atoms with van der Waals surface area (Å²) in [4.78, 5) is 2.47. The molecule has 0 saturated heterocycles. The van der Waals surface area contributed by atoms with Crippen molar-refractivity contribution in [2.24, 2.45) is 0 Å². The number of aromatic nitrogens is 3. The Balaban J connectivity index is 1.73. The first-order valence-corrected chi connectivity index (χ1v) is 10.7. The van der Waals surface area contributed by atoms with Crippen LogP contribution in [0.5, 0.6) is 0 Å². The molecule has 1 aliphatic rings. The van der Waals surface area contributed by atoms with E-state index >= 15 is 0 Å². The number of nitrogens with zero attached hydrogens (tertiary/aromatic N) is 4. The number of likely N-dealkylation sites (N-methyl/N-ethyl adjacent to an activating group) is 1. The molecule has 2 aromatic carbocycles. The van der Waals surface area contributed by atoms with Gasteiger partial charge in [0, 0.05) is 47.3 Å². The molecule has 1 aliphatic carbocycles. The third kappa shape index (κ3) is 2.96. The third-order valence-corrected chi connectivity index (χ3v) is 6.49. The zero-order valence-electron chi connectivity index (χ0n) is 17.2. The summed E-state index contributed by atoms with van der Waals surface area (Å²) in [7, 11) is 0. The maximum absolute atomic E-state index is 10.4. The molecule has 0 radical (unpaired) electrons. The number of benzene rings is 2. The van der Waals surface area contributed by atoms with Crippen molar-refractivity contribution in [2.75, 3.05) is 19.6 Å². The van der Waals surface area contributed by atoms with Crippen molar-refractivity contribution in [1.29, 1.82) is 0 Å². The van der Waals surface area contributed by atoms with Crippen LogP contribution in [0.4, 0.5) is 0 Å². The summed E-state index contributed by atoms with van der Waals surface area (Å²) in [5.41, 5.74) is 6.03. The number of aryl methyl sites for hydroxylation is 1. The van der Waals surface area contributed by atoms with E-state index in [1.165, 1.54) is 27.4 Å². The van der Waals surface area contributed by atoms with E-state index in [-0.39, 0.29) is 6.10 Å². The Labute approximate surface area is 171 Å². The molecule has 0 bridgehead atoms. The molecular weight excluding hydrogens is 360 g/mol. The minimum absolute atomic E-state index is 0.335. The summed E-state index contributed by atoms with van der Waals surface area (Å²) < 4.78 is 4.37. The lowest BCUT2D eigenvalue weighted by atomic mass is 10.0. The number of hydrogen-bond donors (Lipinski definition) is 1. The first-order valence-electron chi connectivity index (χ1n) is 10.7. The van der Waals surface area contributed by atoms with Crippen molar-refractivity contribution in [2.45, 2.75) is 39.3 Å². The van der Waals surface area contributed by atoms with Gasteiger partial charge in [0.15, 0.2) is 0 Å². The molecule has 1 atom stereocenters. The van der Waals surface area contributed by atoms with E-state index in [9.17, 15) is 5.11 Å². The minimum Gasteiger partial charge on any atom is -0.388 e. The van der Waals surface area contributed by atoms with E-state index in [0.717, 1.165) is 50.3 Å². The quantitative estimate of drug-likeness (QED) is 0.536. The molecule has 5 heteroatoms. The Bertz CT molecular complexity index is 1160.